The second-order valence-electron chi connectivity index (χ2n) is 3.95. The van der Waals surface area contributed by atoms with E-state index in [-0.39, 0.29) is 18.0 Å². The number of nitrogens with two attached hydrogens (primary N) is 1. The van der Waals surface area contributed by atoms with Gasteiger partial charge in [-0.25, -0.2) is 17.5 Å². The van der Waals surface area contributed by atoms with E-state index >= 15 is 0 Å². The van der Waals surface area contributed by atoms with Crippen molar-refractivity contribution < 1.29 is 17.5 Å². The van der Waals surface area contributed by atoms with Crippen molar-refractivity contribution in [2.75, 3.05) is 13.7 Å². The Balaban J connectivity index is 2.98. The van der Waals surface area contributed by atoms with E-state index in [1.807, 2.05) is 0 Å². The third-order valence-electron chi connectivity index (χ3n) is 2.29. The topological polar surface area (TPSA) is 81.4 Å². The Morgan fingerprint density at radius 1 is 1.50 bits per heavy atom. The molecule has 7 heteroatoms. The summed E-state index contributed by atoms with van der Waals surface area (Å²) in [6, 6.07) is 3.38. The van der Waals surface area contributed by atoms with Gasteiger partial charge in [-0.2, -0.15) is 0 Å². The molecule has 0 aliphatic carbocycles. The Morgan fingerprint density at radius 3 is 2.67 bits per heavy atom. The Morgan fingerprint density at radius 2 is 2.17 bits per heavy atom. The minimum absolute atomic E-state index is 0.157. The highest BCUT2D eigenvalue weighted by Crippen LogP contribution is 2.16. The third kappa shape index (κ3) is 3.74. The lowest BCUT2D eigenvalue weighted by atomic mass is 10.2. The first kappa shape index (κ1) is 15.0. The molecule has 1 unspecified atom stereocenters. The minimum atomic E-state index is -3.88. The normalized spacial score (nSPS) is 13.6. The smallest absolute Gasteiger partial charge is 0.243 e. The molecule has 1 rings (SSSR count). The standard InChI is InChI=1S/C11H17FN2O3S/c1-8(7-17-2)14-18(15,16)11-4-3-9(6-13)5-10(11)12/h3-5,8,14H,6-7,13H2,1-2H3. The Hall–Kier alpha value is -1.02. The Kier molecular flexibility index (Phi) is 5.21. The van der Waals surface area contributed by atoms with Crippen LogP contribution in [0.5, 0.6) is 0 Å². The van der Waals surface area contributed by atoms with E-state index in [2.05, 4.69) is 4.72 Å². The van der Waals surface area contributed by atoms with Crippen LogP contribution >= 0.6 is 0 Å². The van der Waals surface area contributed by atoms with Crippen LogP contribution in [0.3, 0.4) is 0 Å². The molecule has 0 aliphatic rings. The van der Waals surface area contributed by atoms with Crippen molar-refractivity contribution in [1.82, 2.24) is 4.72 Å². The fraction of sp³-hybridized carbons (Fsp3) is 0.455. The van der Waals surface area contributed by atoms with Gasteiger partial charge in [-0.15, -0.1) is 0 Å². The minimum Gasteiger partial charge on any atom is -0.383 e. The number of halogens is 1. The summed E-state index contributed by atoms with van der Waals surface area (Å²) >= 11 is 0. The maximum atomic E-state index is 13.7. The maximum Gasteiger partial charge on any atom is 0.243 e. The lowest BCUT2D eigenvalue weighted by Crippen LogP contribution is -2.36. The predicted octanol–water partition coefficient (Wildman–Crippen LogP) is 0.598. The van der Waals surface area contributed by atoms with Crippen LogP contribution < -0.4 is 10.5 Å². The molecule has 1 atom stereocenters. The molecule has 0 amide bonds. The fourth-order valence-electron chi connectivity index (χ4n) is 1.50. The van der Waals surface area contributed by atoms with Crippen LogP contribution in [-0.2, 0) is 21.3 Å². The molecular weight excluding hydrogens is 259 g/mol. The van der Waals surface area contributed by atoms with Gasteiger partial charge in [0.1, 0.15) is 10.7 Å². The fourth-order valence-corrected chi connectivity index (χ4v) is 2.79. The molecule has 0 aromatic heterocycles. The van der Waals surface area contributed by atoms with Crippen LogP contribution in [0.2, 0.25) is 0 Å². The van der Waals surface area contributed by atoms with E-state index in [0.717, 1.165) is 6.07 Å². The molecule has 0 radical (unpaired) electrons. The summed E-state index contributed by atoms with van der Waals surface area (Å²) in [6.07, 6.45) is 0. The molecule has 1 aromatic rings. The second-order valence-corrected chi connectivity index (χ2v) is 5.63. The molecule has 0 heterocycles. The van der Waals surface area contributed by atoms with E-state index in [0.29, 0.717) is 5.56 Å². The monoisotopic (exact) mass is 276 g/mol. The van der Waals surface area contributed by atoms with Crippen molar-refractivity contribution >= 4 is 10.0 Å². The molecular formula is C11H17FN2O3S. The number of methoxy groups -OCH3 is 1. The van der Waals surface area contributed by atoms with Crippen LogP contribution in [0.4, 0.5) is 4.39 Å². The van der Waals surface area contributed by atoms with Gasteiger partial charge in [0, 0.05) is 19.7 Å². The largest absolute Gasteiger partial charge is 0.383 e. The van der Waals surface area contributed by atoms with Crippen molar-refractivity contribution in [3.63, 3.8) is 0 Å². The van der Waals surface area contributed by atoms with Crippen molar-refractivity contribution in [3.8, 4) is 0 Å². The zero-order chi connectivity index (χ0) is 13.8. The third-order valence-corrected chi connectivity index (χ3v) is 3.92. The molecule has 0 spiro atoms. The van der Waals surface area contributed by atoms with Gasteiger partial charge in [0.05, 0.1) is 6.61 Å². The summed E-state index contributed by atoms with van der Waals surface area (Å²) < 4.78 is 44.6. The molecule has 0 saturated heterocycles. The van der Waals surface area contributed by atoms with Crippen LogP contribution in [0.15, 0.2) is 23.1 Å². The van der Waals surface area contributed by atoms with E-state index < -0.39 is 21.9 Å². The molecule has 3 N–H and O–H groups in total. The molecule has 0 saturated carbocycles. The summed E-state index contributed by atoms with van der Waals surface area (Å²) in [5, 5.41) is 0. The molecule has 0 aliphatic heterocycles. The molecule has 18 heavy (non-hydrogen) atoms. The highest BCUT2D eigenvalue weighted by molar-refractivity contribution is 7.89. The number of rotatable bonds is 6. The first-order valence-corrected chi connectivity index (χ1v) is 6.88. The summed E-state index contributed by atoms with van der Waals surface area (Å²) in [5.74, 6) is -0.810. The summed E-state index contributed by atoms with van der Waals surface area (Å²) in [5.41, 5.74) is 5.89. The summed E-state index contributed by atoms with van der Waals surface area (Å²) in [7, 11) is -2.42. The highest BCUT2D eigenvalue weighted by Gasteiger charge is 2.21. The van der Waals surface area contributed by atoms with Gasteiger partial charge in [-0.3, -0.25) is 0 Å². The van der Waals surface area contributed by atoms with Crippen molar-refractivity contribution in [2.45, 2.75) is 24.4 Å². The Labute approximate surface area is 106 Å². The zero-order valence-electron chi connectivity index (χ0n) is 10.3. The van der Waals surface area contributed by atoms with Gasteiger partial charge in [-0.05, 0) is 24.6 Å². The molecule has 102 valence electrons. The number of benzene rings is 1. The lowest BCUT2D eigenvalue weighted by molar-refractivity contribution is 0.180. The summed E-state index contributed by atoms with van der Waals surface area (Å²) in [6.45, 7) is 2.00. The molecule has 0 bridgehead atoms. The molecule has 0 fully saturated rings. The molecule has 1 aromatic carbocycles. The Bertz CT molecular complexity index is 505. The lowest BCUT2D eigenvalue weighted by Gasteiger charge is -2.14. The number of hydrogen-bond donors (Lipinski definition) is 2. The SMILES string of the molecule is COCC(C)NS(=O)(=O)c1ccc(CN)cc1F. The van der Waals surface area contributed by atoms with Crippen LogP contribution in [-0.4, -0.2) is 28.2 Å². The first-order chi connectivity index (χ1) is 8.40. The van der Waals surface area contributed by atoms with Crippen molar-refractivity contribution in [1.29, 1.82) is 0 Å². The van der Waals surface area contributed by atoms with Crippen LogP contribution in [0.25, 0.3) is 0 Å². The molecule has 5 nitrogen and oxygen atoms in total. The second kappa shape index (κ2) is 6.24. The van der Waals surface area contributed by atoms with Gasteiger partial charge in [0.15, 0.2) is 0 Å². The zero-order valence-corrected chi connectivity index (χ0v) is 11.1. The van der Waals surface area contributed by atoms with E-state index in [1.165, 1.54) is 19.2 Å². The van der Waals surface area contributed by atoms with Gasteiger partial charge >= 0.3 is 0 Å². The van der Waals surface area contributed by atoms with Gasteiger partial charge < -0.3 is 10.5 Å². The number of sulfonamides is 1. The van der Waals surface area contributed by atoms with Crippen molar-refractivity contribution in [3.05, 3.63) is 29.6 Å². The average Bonchev–Trinajstić information content (AvgIpc) is 2.27. The first-order valence-electron chi connectivity index (χ1n) is 5.40. The van der Waals surface area contributed by atoms with Crippen molar-refractivity contribution in [2.24, 2.45) is 5.73 Å². The van der Waals surface area contributed by atoms with E-state index in [1.54, 1.807) is 6.92 Å². The maximum absolute atomic E-state index is 13.7. The highest BCUT2D eigenvalue weighted by atomic mass is 32.2. The van der Waals surface area contributed by atoms with Crippen LogP contribution in [0, 0.1) is 5.82 Å². The quantitative estimate of drug-likeness (QED) is 0.797. The van der Waals surface area contributed by atoms with Gasteiger partial charge in [-0.1, -0.05) is 6.07 Å². The number of nitrogens with one attached hydrogen (secondary N) is 1. The summed E-state index contributed by atoms with van der Waals surface area (Å²) in [4.78, 5) is -0.386. The predicted molar refractivity (Wildman–Crippen MR) is 66.0 cm³/mol. The number of hydrogen-bond acceptors (Lipinski definition) is 4. The van der Waals surface area contributed by atoms with E-state index in [9.17, 15) is 12.8 Å². The average molecular weight is 276 g/mol. The van der Waals surface area contributed by atoms with Crippen LogP contribution in [0.1, 0.15) is 12.5 Å². The van der Waals surface area contributed by atoms with E-state index in [4.69, 9.17) is 10.5 Å². The van der Waals surface area contributed by atoms with Gasteiger partial charge in [0.25, 0.3) is 0 Å². The number of ether oxygens (including phenoxy) is 1. The van der Waals surface area contributed by atoms with Gasteiger partial charge in [0.2, 0.25) is 10.0 Å².